The van der Waals surface area contributed by atoms with Crippen LogP contribution in [0, 0.1) is 11.6 Å². The molecule has 13 heavy (non-hydrogen) atoms. The van der Waals surface area contributed by atoms with Crippen molar-refractivity contribution in [1.82, 2.24) is 0 Å². The minimum Gasteiger partial charge on any atom is -0.412 e. The Bertz CT molecular complexity index is 401. The van der Waals surface area contributed by atoms with Crippen molar-refractivity contribution in [3.05, 3.63) is 29.8 Å². The predicted octanol–water partition coefficient (Wildman–Crippen LogP) is 0.387. The van der Waals surface area contributed by atoms with Crippen molar-refractivity contribution in [1.29, 1.82) is 0 Å². The highest BCUT2D eigenvalue weighted by Gasteiger charge is 2.15. The van der Waals surface area contributed by atoms with Crippen LogP contribution in [0.2, 0.25) is 0 Å². The molecule has 0 fully saturated rings. The van der Waals surface area contributed by atoms with Crippen LogP contribution >= 0.6 is 0 Å². The molecule has 4 nitrogen and oxygen atoms in total. The maximum Gasteiger partial charge on any atom is 0.297 e. The number of hydrogen-bond acceptors (Lipinski definition) is 2. The smallest absolute Gasteiger partial charge is 0.297 e. The summed E-state index contributed by atoms with van der Waals surface area (Å²) in [7, 11) is -4.67. The molecule has 0 heterocycles. The molecule has 0 saturated heterocycles. The van der Waals surface area contributed by atoms with Crippen LogP contribution in [0.15, 0.2) is 23.1 Å². The molecule has 0 aromatic heterocycles. The predicted molar refractivity (Wildman–Crippen MR) is 39.8 cm³/mol. The summed E-state index contributed by atoms with van der Waals surface area (Å²) in [5.41, 5.74) is 0. The Balaban J connectivity index is 0.00000144. The van der Waals surface area contributed by atoms with E-state index in [1.165, 1.54) is 0 Å². The van der Waals surface area contributed by atoms with Crippen molar-refractivity contribution in [3.8, 4) is 0 Å². The van der Waals surface area contributed by atoms with Gasteiger partial charge in [0.25, 0.3) is 10.1 Å². The summed E-state index contributed by atoms with van der Waals surface area (Å²) in [6.45, 7) is 0. The Hall–Kier alpha value is -1.05. The number of hydrogen-bond donors (Lipinski definition) is 1. The molecule has 0 aliphatic rings. The zero-order valence-corrected chi connectivity index (χ0v) is 6.98. The summed E-state index contributed by atoms with van der Waals surface area (Å²) in [5.74, 6) is -2.11. The van der Waals surface area contributed by atoms with E-state index in [-0.39, 0.29) is 5.48 Å². The van der Waals surface area contributed by atoms with E-state index in [9.17, 15) is 17.2 Å². The minimum absolute atomic E-state index is 0. The monoisotopic (exact) mass is 212 g/mol. The highest BCUT2D eigenvalue weighted by molar-refractivity contribution is 7.85. The standard InChI is InChI=1S/C6H4F2O3S.H2O/c7-4-1-2-5(8)6(3-4)12(9,10)11;/h1-3H,(H,9,10,11);1H2. The van der Waals surface area contributed by atoms with E-state index in [0.717, 1.165) is 6.07 Å². The summed E-state index contributed by atoms with van der Waals surface area (Å²) >= 11 is 0. The van der Waals surface area contributed by atoms with Gasteiger partial charge in [-0.2, -0.15) is 8.42 Å². The molecule has 0 atom stereocenters. The molecule has 0 aliphatic carbocycles. The number of rotatable bonds is 1. The summed E-state index contributed by atoms with van der Waals surface area (Å²) < 4.78 is 54.0. The quantitative estimate of drug-likeness (QED) is 0.683. The Kier molecular flexibility index (Phi) is 3.47. The number of benzene rings is 1. The number of halogens is 2. The zero-order chi connectivity index (χ0) is 9.35. The first-order chi connectivity index (χ1) is 5.41. The maximum absolute atomic E-state index is 12.6. The third-order valence-corrected chi connectivity index (χ3v) is 2.04. The summed E-state index contributed by atoms with van der Waals surface area (Å²) in [4.78, 5) is -1.05. The molecule has 1 aromatic carbocycles. The lowest BCUT2D eigenvalue weighted by atomic mass is 10.3. The molecule has 0 radical (unpaired) electrons. The Morgan fingerprint density at radius 1 is 1.23 bits per heavy atom. The van der Waals surface area contributed by atoms with E-state index < -0.39 is 26.6 Å². The zero-order valence-electron chi connectivity index (χ0n) is 6.16. The molecule has 0 aliphatic heterocycles. The molecule has 0 bridgehead atoms. The Morgan fingerprint density at radius 2 is 1.77 bits per heavy atom. The van der Waals surface area contributed by atoms with Crippen LogP contribution in [-0.2, 0) is 10.1 Å². The van der Waals surface area contributed by atoms with E-state index in [2.05, 4.69) is 0 Å². The van der Waals surface area contributed by atoms with Crippen LogP contribution in [0.3, 0.4) is 0 Å². The Labute approximate surface area is 72.9 Å². The summed E-state index contributed by atoms with van der Waals surface area (Å²) in [6, 6.07) is 1.78. The average molecular weight is 212 g/mol. The van der Waals surface area contributed by atoms with E-state index >= 15 is 0 Å². The van der Waals surface area contributed by atoms with Crippen LogP contribution in [0.1, 0.15) is 0 Å². The first-order valence-electron chi connectivity index (χ1n) is 2.84. The van der Waals surface area contributed by atoms with Crippen LogP contribution in [0.5, 0.6) is 0 Å². The molecular weight excluding hydrogens is 206 g/mol. The highest BCUT2D eigenvalue weighted by atomic mass is 32.2. The molecule has 0 amide bonds. The van der Waals surface area contributed by atoms with Gasteiger partial charge in [-0.25, -0.2) is 8.78 Å². The van der Waals surface area contributed by atoms with Gasteiger partial charge in [-0.05, 0) is 18.2 Å². The van der Waals surface area contributed by atoms with Gasteiger partial charge in [0.1, 0.15) is 16.5 Å². The second kappa shape index (κ2) is 3.77. The van der Waals surface area contributed by atoms with Crippen molar-refractivity contribution in [2.75, 3.05) is 0 Å². The van der Waals surface area contributed by atoms with Gasteiger partial charge in [-0.3, -0.25) is 4.55 Å². The molecule has 74 valence electrons. The second-order valence-electron chi connectivity index (χ2n) is 2.05. The fourth-order valence-electron chi connectivity index (χ4n) is 0.675. The SMILES string of the molecule is O.O=S(=O)(O)c1cc(F)ccc1F. The van der Waals surface area contributed by atoms with Gasteiger partial charge in [-0.15, -0.1) is 0 Å². The molecule has 1 aromatic rings. The lowest BCUT2D eigenvalue weighted by Crippen LogP contribution is -2.01. The van der Waals surface area contributed by atoms with Crippen LogP contribution in [-0.4, -0.2) is 18.4 Å². The maximum atomic E-state index is 12.6. The van der Waals surface area contributed by atoms with Gasteiger partial charge in [0, 0.05) is 0 Å². The molecular formula is C6H6F2O4S. The third-order valence-electron chi connectivity index (χ3n) is 1.17. The second-order valence-corrected chi connectivity index (χ2v) is 3.44. The average Bonchev–Trinajstić information content (AvgIpc) is 1.92. The molecule has 3 N–H and O–H groups in total. The van der Waals surface area contributed by atoms with E-state index in [1.54, 1.807) is 0 Å². The van der Waals surface area contributed by atoms with Crippen molar-refractivity contribution < 1.29 is 27.2 Å². The van der Waals surface area contributed by atoms with Gasteiger partial charge in [0.05, 0.1) is 0 Å². The fraction of sp³-hybridized carbons (Fsp3) is 0. The fourth-order valence-corrected chi connectivity index (χ4v) is 1.25. The lowest BCUT2D eigenvalue weighted by Gasteiger charge is -1.97. The molecule has 0 unspecified atom stereocenters. The normalized spacial score (nSPS) is 10.7. The third kappa shape index (κ3) is 2.72. The van der Waals surface area contributed by atoms with Crippen LogP contribution < -0.4 is 0 Å². The summed E-state index contributed by atoms with van der Waals surface area (Å²) in [6.07, 6.45) is 0. The Morgan fingerprint density at radius 3 is 2.15 bits per heavy atom. The largest absolute Gasteiger partial charge is 0.412 e. The van der Waals surface area contributed by atoms with E-state index in [1.807, 2.05) is 0 Å². The molecule has 7 heteroatoms. The van der Waals surface area contributed by atoms with Gasteiger partial charge in [-0.1, -0.05) is 0 Å². The minimum atomic E-state index is -4.67. The lowest BCUT2D eigenvalue weighted by molar-refractivity contribution is 0.470. The first-order valence-corrected chi connectivity index (χ1v) is 4.28. The summed E-state index contributed by atoms with van der Waals surface area (Å²) in [5, 5.41) is 0. The first kappa shape index (κ1) is 11.9. The molecule has 0 saturated carbocycles. The van der Waals surface area contributed by atoms with Crippen LogP contribution in [0.25, 0.3) is 0 Å². The van der Waals surface area contributed by atoms with Crippen LogP contribution in [0.4, 0.5) is 8.78 Å². The van der Waals surface area contributed by atoms with Crippen molar-refractivity contribution >= 4 is 10.1 Å². The van der Waals surface area contributed by atoms with Gasteiger partial charge < -0.3 is 5.48 Å². The van der Waals surface area contributed by atoms with E-state index in [0.29, 0.717) is 12.1 Å². The molecule has 1 rings (SSSR count). The topological polar surface area (TPSA) is 85.9 Å². The highest BCUT2D eigenvalue weighted by Crippen LogP contribution is 2.14. The van der Waals surface area contributed by atoms with Gasteiger partial charge in [0.2, 0.25) is 0 Å². The van der Waals surface area contributed by atoms with Crippen molar-refractivity contribution in [2.24, 2.45) is 0 Å². The van der Waals surface area contributed by atoms with E-state index in [4.69, 9.17) is 4.55 Å². The van der Waals surface area contributed by atoms with Gasteiger partial charge in [0.15, 0.2) is 0 Å². The van der Waals surface area contributed by atoms with Gasteiger partial charge >= 0.3 is 0 Å². The van der Waals surface area contributed by atoms with Crippen molar-refractivity contribution in [3.63, 3.8) is 0 Å². The van der Waals surface area contributed by atoms with Crippen molar-refractivity contribution in [2.45, 2.75) is 4.90 Å². The molecule has 0 spiro atoms.